The Morgan fingerprint density at radius 2 is 1.93 bits per heavy atom. The van der Waals surface area contributed by atoms with Crippen LogP contribution >= 0.6 is 0 Å². The van der Waals surface area contributed by atoms with Crippen LogP contribution in [0.25, 0.3) is 0 Å². The minimum Gasteiger partial charge on any atom is -0.388 e. The lowest BCUT2D eigenvalue weighted by Crippen LogP contribution is -2.36. The Morgan fingerprint density at radius 1 is 1.40 bits per heavy atom. The van der Waals surface area contributed by atoms with Gasteiger partial charge in [0, 0.05) is 25.9 Å². The van der Waals surface area contributed by atoms with Crippen molar-refractivity contribution in [3.8, 4) is 0 Å². The van der Waals surface area contributed by atoms with Crippen molar-refractivity contribution in [2.75, 3.05) is 13.6 Å². The predicted octanol–water partition coefficient (Wildman–Crippen LogP) is 0.386. The zero-order valence-corrected chi connectivity index (χ0v) is 9.54. The van der Waals surface area contributed by atoms with Crippen molar-refractivity contribution >= 4 is 17.5 Å². The first-order chi connectivity index (χ1) is 6.86. The Kier molecular flexibility index (Phi) is 5.59. The van der Waals surface area contributed by atoms with E-state index < -0.39 is 5.91 Å². The molecule has 0 saturated heterocycles. The van der Waals surface area contributed by atoms with E-state index in [1.807, 2.05) is 0 Å². The summed E-state index contributed by atoms with van der Waals surface area (Å²) in [5, 5.41) is 7.01. The third-order valence-electron chi connectivity index (χ3n) is 2.02. The maximum Gasteiger partial charge on any atom is 0.289 e. The second-order valence-electron chi connectivity index (χ2n) is 3.87. The Morgan fingerprint density at radius 3 is 2.33 bits per heavy atom. The molecule has 3 N–H and O–H groups in total. The van der Waals surface area contributed by atoms with E-state index in [1.54, 1.807) is 20.9 Å². The van der Waals surface area contributed by atoms with Crippen molar-refractivity contribution in [2.24, 2.45) is 11.7 Å². The highest BCUT2D eigenvalue weighted by Gasteiger charge is 2.20. The molecular formula is C10H19N3O2. The molecule has 0 rings (SSSR count). The number of hydrogen-bond donors (Lipinski definition) is 2. The lowest BCUT2D eigenvalue weighted by atomic mass is 10.1. The number of carbonyl (C=O) groups excluding carboxylic acids is 2. The van der Waals surface area contributed by atoms with E-state index in [0.29, 0.717) is 19.4 Å². The van der Waals surface area contributed by atoms with Gasteiger partial charge in [0.1, 0.15) is 0 Å². The summed E-state index contributed by atoms with van der Waals surface area (Å²) in [7, 11) is 1.59. The number of hydrogen-bond acceptors (Lipinski definition) is 3. The van der Waals surface area contributed by atoms with Gasteiger partial charge in [-0.1, -0.05) is 13.8 Å². The minimum atomic E-state index is -0.464. The molecule has 1 amide bonds. The van der Waals surface area contributed by atoms with Gasteiger partial charge >= 0.3 is 0 Å². The molecule has 0 radical (unpaired) electrons. The molecule has 5 nitrogen and oxygen atoms in total. The van der Waals surface area contributed by atoms with Gasteiger partial charge in [0.2, 0.25) is 5.78 Å². The number of amides is 1. The molecule has 0 unspecified atom stereocenters. The van der Waals surface area contributed by atoms with E-state index in [0.717, 1.165) is 0 Å². The van der Waals surface area contributed by atoms with Gasteiger partial charge in [0.25, 0.3) is 5.91 Å². The number of ketones is 1. The molecule has 0 aliphatic carbocycles. The number of nitrogens with one attached hydrogen (secondary N) is 1. The number of likely N-dealkylation sites (N-methyl/N-ethyl adjacent to an activating group) is 1. The van der Waals surface area contributed by atoms with Crippen LogP contribution in [0.2, 0.25) is 0 Å². The Labute approximate surface area is 90.1 Å². The molecule has 5 heteroatoms. The largest absolute Gasteiger partial charge is 0.388 e. The molecule has 0 aromatic heterocycles. The lowest BCUT2D eigenvalue weighted by molar-refractivity contribution is -0.145. The van der Waals surface area contributed by atoms with Gasteiger partial charge in [-0.2, -0.15) is 0 Å². The van der Waals surface area contributed by atoms with E-state index in [1.165, 1.54) is 4.90 Å². The highest BCUT2D eigenvalue weighted by atomic mass is 16.2. The number of amidine groups is 1. The van der Waals surface area contributed by atoms with E-state index in [-0.39, 0.29) is 17.5 Å². The van der Waals surface area contributed by atoms with Crippen LogP contribution in [0.5, 0.6) is 0 Å². The normalized spacial score (nSPS) is 10.1. The highest BCUT2D eigenvalue weighted by molar-refractivity contribution is 6.36. The monoisotopic (exact) mass is 213 g/mol. The predicted molar refractivity (Wildman–Crippen MR) is 58.6 cm³/mol. The molecule has 0 bridgehead atoms. The Balaban J connectivity index is 3.99. The van der Waals surface area contributed by atoms with E-state index in [4.69, 9.17) is 11.1 Å². The molecule has 0 aliphatic rings. The van der Waals surface area contributed by atoms with Gasteiger partial charge in [0.15, 0.2) is 0 Å². The molecular weight excluding hydrogens is 194 g/mol. The molecule has 15 heavy (non-hydrogen) atoms. The second-order valence-corrected chi connectivity index (χ2v) is 3.87. The van der Waals surface area contributed by atoms with Gasteiger partial charge in [-0.25, -0.2) is 0 Å². The van der Waals surface area contributed by atoms with Crippen molar-refractivity contribution in [3.63, 3.8) is 0 Å². The van der Waals surface area contributed by atoms with Gasteiger partial charge in [-0.05, 0) is 6.42 Å². The summed E-state index contributed by atoms with van der Waals surface area (Å²) in [6, 6.07) is 0. The summed E-state index contributed by atoms with van der Waals surface area (Å²) in [5.41, 5.74) is 5.18. The van der Waals surface area contributed by atoms with Crippen LogP contribution in [0.15, 0.2) is 0 Å². The Bertz CT molecular complexity index is 261. The first-order valence-electron chi connectivity index (χ1n) is 4.98. The summed E-state index contributed by atoms with van der Waals surface area (Å²) in [6.07, 6.45) is 1.07. The van der Waals surface area contributed by atoms with Crippen molar-refractivity contribution in [3.05, 3.63) is 0 Å². The van der Waals surface area contributed by atoms with Gasteiger partial charge < -0.3 is 10.6 Å². The summed E-state index contributed by atoms with van der Waals surface area (Å²) in [5.74, 6) is -1.01. The zero-order valence-electron chi connectivity index (χ0n) is 9.54. The fraction of sp³-hybridized carbons (Fsp3) is 0.700. The molecule has 86 valence electrons. The lowest BCUT2D eigenvalue weighted by Gasteiger charge is -2.16. The van der Waals surface area contributed by atoms with Crippen molar-refractivity contribution in [1.82, 2.24) is 4.90 Å². The smallest absolute Gasteiger partial charge is 0.289 e. The standard InChI is InChI=1S/C10H19N3O2/c1-7(2)9(14)10(15)13(3)6-4-5-8(11)12/h7H,4-6H2,1-3H3,(H3,11,12). The van der Waals surface area contributed by atoms with Crippen LogP contribution in [-0.2, 0) is 9.59 Å². The summed E-state index contributed by atoms with van der Waals surface area (Å²) in [4.78, 5) is 24.2. The fourth-order valence-electron chi connectivity index (χ4n) is 1.04. The van der Waals surface area contributed by atoms with E-state index >= 15 is 0 Å². The van der Waals surface area contributed by atoms with Crippen LogP contribution in [0, 0.1) is 11.3 Å². The molecule has 0 atom stereocenters. The van der Waals surface area contributed by atoms with E-state index in [9.17, 15) is 9.59 Å². The molecule has 0 aromatic rings. The summed E-state index contributed by atoms with van der Waals surface area (Å²) >= 11 is 0. The average molecular weight is 213 g/mol. The second kappa shape index (κ2) is 6.16. The fourth-order valence-corrected chi connectivity index (χ4v) is 1.04. The molecule has 0 spiro atoms. The minimum absolute atomic E-state index is 0.103. The number of nitrogens with zero attached hydrogens (tertiary/aromatic N) is 1. The van der Waals surface area contributed by atoms with Crippen LogP contribution in [0.1, 0.15) is 26.7 Å². The topological polar surface area (TPSA) is 87.2 Å². The van der Waals surface area contributed by atoms with Crippen LogP contribution in [0.4, 0.5) is 0 Å². The third kappa shape index (κ3) is 5.15. The van der Waals surface area contributed by atoms with Crippen LogP contribution in [0.3, 0.4) is 0 Å². The van der Waals surface area contributed by atoms with Crippen molar-refractivity contribution in [1.29, 1.82) is 5.41 Å². The average Bonchev–Trinajstić information content (AvgIpc) is 2.14. The van der Waals surface area contributed by atoms with Crippen molar-refractivity contribution in [2.45, 2.75) is 26.7 Å². The maximum absolute atomic E-state index is 11.5. The van der Waals surface area contributed by atoms with E-state index in [2.05, 4.69) is 0 Å². The van der Waals surface area contributed by atoms with Gasteiger partial charge in [-0.15, -0.1) is 0 Å². The quantitative estimate of drug-likeness (QED) is 0.380. The highest BCUT2D eigenvalue weighted by Crippen LogP contribution is 2.00. The molecule has 0 aromatic carbocycles. The maximum atomic E-state index is 11.5. The molecule has 0 heterocycles. The number of nitrogens with two attached hydrogens (primary N) is 1. The number of rotatable bonds is 6. The molecule has 0 aliphatic heterocycles. The first-order valence-corrected chi connectivity index (χ1v) is 4.98. The molecule has 0 fully saturated rings. The summed E-state index contributed by atoms with van der Waals surface area (Å²) < 4.78 is 0. The number of carbonyl (C=O) groups is 2. The molecule has 0 saturated carbocycles. The summed E-state index contributed by atoms with van der Waals surface area (Å²) in [6.45, 7) is 3.85. The SMILES string of the molecule is CC(C)C(=O)C(=O)N(C)CCCC(=N)N. The third-order valence-corrected chi connectivity index (χ3v) is 2.02. The van der Waals surface area contributed by atoms with Crippen molar-refractivity contribution < 1.29 is 9.59 Å². The van der Waals surface area contributed by atoms with Gasteiger partial charge in [-0.3, -0.25) is 15.0 Å². The number of Topliss-reactive ketones (excluding diaryl/α,β-unsaturated/α-hetero) is 1. The zero-order chi connectivity index (χ0) is 12.0. The van der Waals surface area contributed by atoms with Gasteiger partial charge in [0.05, 0.1) is 5.84 Å². The van der Waals surface area contributed by atoms with Crippen LogP contribution < -0.4 is 5.73 Å². The first kappa shape index (κ1) is 13.6. The Hall–Kier alpha value is -1.39. The van der Waals surface area contributed by atoms with Crippen LogP contribution in [-0.4, -0.2) is 36.0 Å².